The van der Waals surface area contributed by atoms with Gasteiger partial charge in [-0.2, -0.15) is 0 Å². The summed E-state index contributed by atoms with van der Waals surface area (Å²) in [5.74, 6) is 0. The third kappa shape index (κ3) is 3.83. The van der Waals surface area contributed by atoms with Crippen LogP contribution < -0.4 is 10.6 Å². The Morgan fingerprint density at radius 2 is 1.94 bits per heavy atom. The maximum Gasteiger partial charge on any atom is 0.00913 e. The van der Waals surface area contributed by atoms with Crippen molar-refractivity contribution >= 4 is 0 Å². The summed E-state index contributed by atoms with van der Waals surface area (Å²) in [6.07, 6.45) is 3.69. The van der Waals surface area contributed by atoms with E-state index in [1.54, 1.807) is 0 Å². The Bertz CT molecular complexity index is 354. The van der Waals surface area contributed by atoms with Gasteiger partial charge in [0.05, 0.1) is 0 Å². The molecular weight excluding hydrogens is 208 g/mol. The molecule has 1 aromatic rings. The van der Waals surface area contributed by atoms with Crippen LogP contribution >= 0.6 is 0 Å². The molecule has 0 saturated carbocycles. The summed E-state index contributed by atoms with van der Waals surface area (Å²) in [6, 6.07) is 7.53. The fourth-order valence-corrected chi connectivity index (χ4v) is 2.41. The molecular formula is C15H24N2. The van der Waals surface area contributed by atoms with E-state index in [0.29, 0.717) is 0 Å². The number of hydrogen-bond acceptors (Lipinski definition) is 2. The number of piperidine rings is 1. The average Bonchev–Trinajstić information content (AvgIpc) is 2.35. The standard InChI is InChI=1S/C15H24N2/c1-12-3-4-14(11-13(12)2)5-10-17-15-6-8-16-9-7-15/h3-4,11,15-17H,5-10H2,1-2H3. The van der Waals surface area contributed by atoms with E-state index in [2.05, 4.69) is 42.7 Å². The van der Waals surface area contributed by atoms with Gasteiger partial charge in [-0.25, -0.2) is 0 Å². The lowest BCUT2D eigenvalue weighted by atomic mass is 10.0. The largest absolute Gasteiger partial charge is 0.317 e. The zero-order chi connectivity index (χ0) is 12.1. The molecule has 0 unspecified atom stereocenters. The van der Waals surface area contributed by atoms with E-state index in [-0.39, 0.29) is 0 Å². The maximum atomic E-state index is 3.66. The van der Waals surface area contributed by atoms with Gasteiger partial charge in [-0.05, 0) is 69.4 Å². The molecule has 1 saturated heterocycles. The van der Waals surface area contributed by atoms with E-state index >= 15 is 0 Å². The first-order chi connectivity index (χ1) is 8.25. The highest BCUT2D eigenvalue weighted by Gasteiger charge is 2.11. The van der Waals surface area contributed by atoms with Crippen molar-refractivity contribution < 1.29 is 0 Å². The van der Waals surface area contributed by atoms with Gasteiger partial charge in [0, 0.05) is 6.04 Å². The second kappa shape index (κ2) is 6.18. The molecule has 17 heavy (non-hydrogen) atoms. The fourth-order valence-electron chi connectivity index (χ4n) is 2.41. The Balaban J connectivity index is 1.75. The number of rotatable bonds is 4. The van der Waals surface area contributed by atoms with Gasteiger partial charge >= 0.3 is 0 Å². The highest BCUT2D eigenvalue weighted by Crippen LogP contribution is 2.10. The van der Waals surface area contributed by atoms with E-state index < -0.39 is 0 Å². The molecule has 2 rings (SSSR count). The fraction of sp³-hybridized carbons (Fsp3) is 0.600. The average molecular weight is 232 g/mol. The smallest absolute Gasteiger partial charge is 0.00913 e. The van der Waals surface area contributed by atoms with E-state index in [1.165, 1.54) is 42.6 Å². The van der Waals surface area contributed by atoms with E-state index in [1.807, 2.05) is 0 Å². The van der Waals surface area contributed by atoms with Crippen molar-refractivity contribution in [2.45, 2.75) is 39.2 Å². The normalized spacial score (nSPS) is 17.3. The highest BCUT2D eigenvalue weighted by atomic mass is 15.0. The molecule has 1 heterocycles. The molecule has 0 atom stereocenters. The van der Waals surface area contributed by atoms with Gasteiger partial charge in [-0.15, -0.1) is 0 Å². The summed E-state index contributed by atoms with van der Waals surface area (Å²) in [7, 11) is 0. The Morgan fingerprint density at radius 3 is 2.65 bits per heavy atom. The van der Waals surface area contributed by atoms with E-state index in [4.69, 9.17) is 0 Å². The minimum atomic E-state index is 0.725. The van der Waals surface area contributed by atoms with Crippen molar-refractivity contribution in [1.82, 2.24) is 10.6 Å². The summed E-state index contributed by atoms with van der Waals surface area (Å²) in [5.41, 5.74) is 4.25. The van der Waals surface area contributed by atoms with Crippen LogP contribution in [0.1, 0.15) is 29.5 Å². The van der Waals surface area contributed by atoms with Gasteiger partial charge in [-0.1, -0.05) is 18.2 Å². The number of hydrogen-bond donors (Lipinski definition) is 2. The van der Waals surface area contributed by atoms with Crippen LogP contribution in [0.15, 0.2) is 18.2 Å². The third-order valence-electron chi connectivity index (χ3n) is 3.76. The molecule has 0 radical (unpaired) electrons. The Kier molecular flexibility index (Phi) is 4.57. The molecule has 0 amide bonds. The second-order valence-corrected chi connectivity index (χ2v) is 5.15. The van der Waals surface area contributed by atoms with Crippen LogP contribution in [-0.2, 0) is 6.42 Å². The minimum Gasteiger partial charge on any atom is -0.317 e. The Hall–Kier alpha value is -0.860. The summed E-state index contributed by atoms with van der Waals surface area (Å²) in [4.78, 5) is 0. The molecule has 2 nitrogen and oxygen atoms in total. The first-order valence-corrected chi connectivity index (χ1v) is 6.76. The molecule has 94 valence electrons. The molecule has 1 aliphatic heterocycles. The molecule has 2 heteroatoms. The highest BCUT2D eigenvalue weighted by molar-refractivity contribution is 5.30. The van der Waals surface area contributed by atoms with Crippen LogP contribution in [0.4, 0.5) is 0 Å². The van der Waals surface area contributed by atoms with Crippen molar-refractivity contribution in [3.05, 3.63) is 34.9 Å². The van der Waals surface area contributed by atoms with Gasteiger partial charge in [-0.3, -0.25) is 0 Å². The van der Waals surface area contributed by atoms with Crippen LogP contribution in [0.2, 0.25) is 0 Å². The Morgan fingerprint density at radius 1 is 1.18 bits per heavy atom. The van der Waals surface area contributed by atoms with Gasteiger partial charge in [0.1, 0.15) is 0 Å². The second-order valence-electron chi connectivity index (χ2n) is 5.15. The monoisotopic (exact) mass is 232 g/mol. The predicted molar refractivity (Wildman–Crippen MR) is 73.5 cm³/mol. The molecule has 0 bridgehead atoms. The van der Waals surface area contributed by atoms with Gasteiger partial charge in [0.15, 0.2) is 0 Å². The van der Waals surface area contributed by atoms with Crippen LogP contribution in [0, 0.1) is 13.8 Å². The van der Waals surface area contributed by atoms with E-state index in [9.17, 15) is 0 Å². The molecule has 1 fully saturated rings. The van der Waals surface area contributed by atoms with Crippen LogP contribution in [0.25, 0.3) is 0 Å². The molecule has 2 N–H and O–H groups in total. The summed E-state index contributed by atoms with van der Waals surface area (Å²) < 4.78 is 0. The summed E-state index contributed by atoms with van der Waals surface area (Å²) >= 11 is 0. The van der Waals surface area contributed by atoms with E-state index in [0.717, 1.165) is 19.0 Å². The number of benzene rings is 1. The van der Waals surface area contributed by atoms with Crippen LogP contribution in [0.5, 0.6) is 0 Å². The lowest BCUT2D eigenvalue weighted by Crippen LogP contribution is -2.40. The molecule has 0 aromatic heterocycles. The summed E-state index contributed by atoms with van der Waals surface area (Å²) in [5, 5.41) is 7.06. The van der Waals surface area contributed by atoms with Crippen molar-refractivity contribution in [3.63, 3.8) is 0 Å². The summed E-state index contributed by atoms with van der Waals surface area (Å²) in [6.45, 7) is 7.81. The zero-order valence-corrected chi connectivity index (χ0v) is 11.1. The quantitative estimate of drug-likeness (QED) is 0.831. The zero-order valence-electron chi connectivity index (χ0n) is 11.1. The Labute approximate surface area is 105 Å². The molecule has 1 aliphatic rings. The van der Waals surface area contributed by atoms with Crippen molar-refractivity contribution in [2.75, 3.05) is 19.6 Å². The molecule has 0 aliphatic carbocycles. The minimum absolute atomic E-state index is 0.725. The maximum absolute atomic E-state index is 3.66. The number of nitrogens with one attached hydrogen (secondary N) is 2. The third-order valence-corrected chi connectivity index (χ3v) is 3.76. The van der Waals surface area contributed by atoms with Crippen LogP contribution in [0.3, 0.4) is 0 Å². The van der Waals surface area contributed by atoms with Gasteiger partial charge in [0.25, 0.3) is 0 Å². The lowest BCUT2D eigenvalue weighted by Gasteiger charge is -2.23. The van der Waals surface area contributed by atoms with Crippen molar-refractivity contribution in [1.29, 1.82) is 0 Å². The van der Waals surface area contributed by atoms with Gasteiger partial charge < -0.3 is 10.6 Å². The van der Waals surface area contributed by atoms with Crippen molar-refractivity contribution in [3.8, 4) is 0 Å². The SMILES string of the molecule is Cc1ccc(CCNC2CCNCC2)cc1C. The van der Waals surface area contributed by atoms with Crippen LogP contribution in [-0.4, -0.2) is 25.7 Å². The number of aryl methyl sites for hydroxylation is 2. The first-order valence-electron chi connectivity index (χ1n) is 6.76. The topological polar surface area (TPSA) is 24.1 Å². The molecule has 0 spiro atoms. The molecule has 1 aromatic carbocycles. The van der Waals surface area contributed by atoms with Gasteiger partial charge in [0.2, 0.25) is 0 Å². The lowest BCUT2D eigenvalue weighted by molar-refractivity contribution is 0.389. The predicted octanol–water partition coefficient (Wildman–Crippen LogP) is 2.19. The van der Waals surface area contributed by atoms with Crippen molar-refractivity contribution in [2.24, 2.45) is 0 Å². The first kappa shape index (κ1) is 12.6.